The molecule has 0 saturated carbocycles. The van der Waals surface area contributed by atoms with Gasteiger partial charge in [0.2, 0.25) is 11.8 Å². The Morgan fingerprint density at radius 2 is 1.79 bits per heavy atom. The minimum absolute atomic E-state index is 0.124. The molecule has 0 radical (unpaired) electrons. The van der Waals surface area contributed by atoms with Crippen LogP contribution in [0.4, 0.5) is 11.4 Å². The second-order valence-corrected chi connectivity index (χ2v) is 7.10. The molecule has 3 rings (SSSR count). The van der Waals surface area contributed by atoms with E-state index in [2.05, 4.69) is 5.32 Å². The van der Waals surface area contributed by atoms with Crippen LogP contribution in [0.3, 0.4) is 0 Å². The predicted molar refractivity (Wildman–Crippen MR) is 109 cm³/mol. The lowest BCUT2D eigenvalue weighted by atomic mass is 10.1. The zero-order valence-electron chi connectivity index (χ0n) is 16.7. The van der Waals surface area contributed by atoms with Gasteiger partial charge < -0.3 is 19.7 Å². The molecule has 1 aliphatic rings. The van der Waals surface area contributed by atoms with Crippen molar-refractivity contribution < 1.29 is 23.9 Å². The van der Waals surface area contributed by atoms with E-state index >= 15 is 0 Å². The van der Waals surface area contributed by atoms with Gasteiger partial charge in [0.25, 0.3) is 0 Å². The molecule has 2 amide bonds. The first kappa shape index (κ1) is 20.4. The third-order valence-corrected chi connectivity index (χ3v) is 4.60. The fourth-order valence-electron chi connectivity index (χ4n) is 3.18. The van der Waals surface area contributed by atoms with E-state index in [1.54, 1.807) is 62.3 Å². The summed E-state index contributed by atoms with van der Waals surface area (Å²) < 4.78 is 10.5. The van der Waals surface area contributed by atoms with E-state index in [1.165, 1.54) is 0 Å². The molecule has 7 heteroatoms. The molecule has 2 aromatic carbocycles. The Balaban J connectivity index is 1.64. The first-order valence-corrected chi connectivity index (χ1v) is 9.44. The van der Waals surface area contributed by atoms with Crippen molar-refractivity contribution in [1.29, 1.82) is 0 Å². The third-order valence-electron chi connectivity index (χ3n) is 4.60. The number of anilines is 2. The molecule has 1 heterocycles. The lowest BCUT2D eigenvalue weighted by Crippen LogP contribution is -2.28. The fraction of sp³-hybridized carbons (Fsp3) is 0.318. The van der Waals surface area contributed by atoms with Crippen molar-refractivity contribution in [3.05, 3.63) is 54.1 Å². The van der Waals surface area contributed by atoms with Gasteiger partial charge in [0.15, 0.2) is 0 Å². The Labute approximate surface area is 169 Å². The van der Waals surface area contributed by atoms with Crippen LogP contribution in [0, 0.1) is 5.92 Å². The van der Waals surface area contributed by atoms with E-state index in [9.17, 15) is 14.4 Å². The quantitative estimate of drug-likeness (QED) is 0.758. The molecule has 0 unspecified atom stereocenters. The first-order chi connectivity index (χ1) is 13.9. The van der Waals surface area contributed by atoms with E-state index in [4.69, 9.17) is 9.47 Å². The monoisotopic (exact) mass is 396 g/mol. The van der Waals surface area contributed by atoms with Gasteiger partial charge >= 0.3 is 5.97 Å². The molecule has 7 nitrogen and oxygen atoms in total. The van der Waals surface area contributed by atoms with Gasteiger partial charge in [-0.1, -0.05) is 12.1 Å². The van der Waals surface area contributed by atoms with Gasteiger partial charge in [0.1, 0.15) is 5.75 Å². The fourth-order valence-corrected chi connectivity index (χ4v) is 3.18. The highest BCUT2D eigenvalue weighted by atomic mass is 16.5. The zero-order chi connectivity index (χ0) is 21.0. The average molecular weight is 396 g/mol. The van der Waals surface area contributed by atoms with Crippen molar-refractivity contribution in [3.63, 3.8) is 0 Å². The molecule has 0 aliphatic carbocycles. The maximum absolute atomic E-state index is 12.6. The van der Waals surface area contributed by atoms with Crippen LogP contribution in [0.5, 0.6) is 5.75 Å². The Hall–Kier alpha value is -3.35. The number of hydrogen-bond donors (Lipinski definition) is 1. The van der Waals surface area contributed by atoms with E-state index in [-0.39, 0.29) is 30.9 Å². The van der Waals surface area contributed by atoms with Crippen molar-refractivity contribution in [2.75, 3.05) is 23.9 Å². The second-order valence-electron chi connectivity index (χ2n) is 7.10. The Morgan fingerprint density at radius 3 is 2.45 bits per heavy atom. The SMILES string of the molecule is COc1ccccc1N1C[C@H](C(=O)Nc2ccc(C(=O)OC(C)C)cc2)CC1=O. The summed E-state index contributed by atoms with van der Waals surface area (Å²) in [6.45, 7) is 3.84. The van der Waals surface area contributed by atoms with E-state index in [0.717, 1.165) is 0 Å². The largest absolute Gasteiger partial charge is 0.495 e. The molecule has 152 valence electrons. The van der Waals surface area contributed by atoms with Crippen LogP contribution in [0.15, 0.2) is 48.5 Å². The van der Waals surface area contributed by atoms with Crippen LogP contribution < -0.4 is 15.0 Å². The predicted octanol–water partition coefficient (Wildman–Crippen LogP) is 3.25. The number of carbonyl (C=O) groups is 3. The van der Waals surface area contributed by atoms with Crippen LogP contribution in [-0.2, 0) is 14.3 Å². The molecule has 0 bridgehead atoms. The van der Waals surface area contributed by atoms with Gasteiger partial charge in [-0.05, 0) is 50.2 Å². The Morgan fingerprint density at radius 1 is 1.10 bits per heavy atom. The number of benzene rings is 2. The van der Waals surface area contributed by atoms with E-state index < -0.39 is 11.9 Å². The maximum atomic E-state index is 12.6. The van der Waals surface area contributed by atoms with Crippen LogP contribution in [0.25, 0.3) is 0 Å². The number of hydrogen-bond acceptors (Lipinski definition) is 5. The molecule has 0 aromatic heterocycles. The standard InChI is InChI=1S/C22H24N2O5/c1-14(2)29-22(27)15-8-10-17(11-9-15)23-21(26)16-12-20(25)24(13-16)18-6-4-5-7-19(18)28-3/h4-11,14,16H,12-13H2,1-3H3,(H,23,26)/t16-/m1/s1. The number of esters is 1. The van der Waals surface area contributed by atoms with Gasteiger partial charge in [0.05, 0.1) is 30.4 Å². The summed E-state index contributed by atoms with van der Waals surface area (Å²) in [5.41, 5.74) is 1.62. The highest BCUT2D eigenvalue weighted by Crippen LogP contribution is 2.33. The molecule has 0 spiro atoms. The highest BCUT2D eigenvalue weighted by molar-refractivity contribution is 6.04. The molecule has 1 saturated heterocycles. The van der Waals surface area contributed by atoms with Gasteiger partial charge in [-0.3, -0.25) is 9.59 Å². The third kappa shape index (κ3) is 4.74. The number of ether oxygens (including phenoxy) is 2. The molecule has 1 aliphatic heterocycles. The van der Waals surface area contributed by atoms with E-state index in [0.29, 0.717) is 22.7 Å². The number of carbonyl (C=O) groups excluding carboxylic acids is 3. The normalized spacial score (nSPS) is 16.1. The molecular formula is C22H24N2O5. The number of amides is 2. The van der Waals surface area contributed by atoms with Crippen molar-refractivity contribution in [1.82, 2.24) is 0 Å². The molecule has 1 atom stereocenters. The second kappa shape index (κ2) is 8.77. The van der Waals surface area contributed by atoms with E-state index in [1.807, 2.05) is 12.1 Å². The van der Waals surface area contributed by atoms with Gasteiger partial charge in [-0.25, -0.2) is 4.79 Å². The average Bonchev–Trinajstić information content (AvgIpc) is 3.09. The lowest BCUT2D eigenvalue weighted by molar-refractivity contribution is -0.122. The van der Waals surface area contributed by atoms with Crippen LogP contribution in [-0.4, -0.2) is 37.5 Å². The number of nitrogens with zero attached hydrogens (tertiary/aromatic N) is 1. The van der Waals surface area contributed by atoms with Gasteiger partial charge in [-0.2, -0.15) is 0 Å². The van der Waals surface area contributed by atoms with Crippen molar-refractivity contribution in [2.24, 2.45) is 5.92 Å². The minimum atomic E-state index is -0.474. The zero-order valence-corrected chi connectivity index (χ0v) is 16.7. The van der Waals surface area contributed by atoms with Gasteiger partial charge in [0, 0.05) is 18.7 Å². The summed E-state index contributed by atoms with van der Waals surface area (Å²) in [6, 6.07) is 13.7. The molecular weight excluding hydrogens is 372 g/mol. The summed E-state index contributed by atoms with van der Waals surface area (Å²) in [5, 5.41) is 2.81. The summed E-state index contributed by atoms with van der Waals surface area (Å²) in [7, 11) is 1.55. The summed E-state index contributed by atoms with van der Waals surface area (Å²) in [4.78, 5) is 38.6. The van der Waals surface area contributed by atoms with Crippen LogP contribution in [0.1, 0.15) is 30.6 Å². The topological polar surface area (TPSA) is 84.9 Å². The Kier molecular flexibility index (Phi) is 6.16. The summed E-state index contributed by atoms with van der Waals surface area (Å²) >= 11 is 0. The maximum Gasteiger partial charge on any atom is 0.338 e. The van der Waals surface area contributed by atoms with Crippen molar-refractivity contribution >= 4 is 29.2 Å². The minimum Gasteiger partial charge on any atom is -0.495 e. The molecule has 2 aromatic rings. The number of nitrogens with one attached hydrogen (secondary N) is 1. The first-order valence-electron chi connectivity index (χ1n) is 9.44. The highest BCUT2D eigenvalue weighted by Gasteiger charge is 2.36. The smallest absolute Gasteiger partial charge is 0.338 e. The van der Waals surface area contributed by atoms with Crippen molar-refractivity contribution in [2.45, 2.75) is 26.4 Å². The molecule has 1 N–H and O–H groups in total. The number of methoxy groups -OCH3 is 1. The molecule has 1 fully saturated rings. The molecule has 29 heavy (non-hydrogen) atoms. The number of rotatable bonds is 6. The van der Waals surface area contributed by atoms with Crippen LogP contribution >= 0.6 is 0 Å². The summed E-state index contributed by atoms with van der Waals surface area (Å²) in [6.07, 6.45) is -0.0733. The Bertz CT molecular complexity index is 908. The van der Waals surface area contributed by atoms with Crippen LogP contribution in [0.2, 0.25) is 0 Å². The summed E-state index contributed by atoms with van der Waals surface area (Å²) in [5.74, 6) is -0.662. The van der Waals surface area contributed by atoms with Crippen molar-refractivity contribution in [3.8, 4) is 5.75 Å². The van der Waals surface area contributed by atoms with Gasteiger partial charge in [-0.15, -0.1) is 0 Å². The number of para-hydroxylation sites is 2. The lowest BCUT2D eigenvalue weighted by Gasteiger charge is -2.19.